The smallest absolute Gasteiger partial charge is 0.0369 e. The molecule has 0 saturated carbocycles. The van der Waals surface area contributed by atoms with Gasteiger partial charge in [0, 0.05) is 52.0 Å². The minimum atomic E-state index is 1.10. The van der Waals surface area contributed by atoms with Gasteiger partial charge in [-0.25, -0.2) is 0 Å². The van der Waals surface area contributed by atoms with Gasteiger partial charge in [0.25, 0.3) is 0 Å². The quantitative estimate of drug-likeness (QED) is 0.873. The lowest BCUT2D eigenvalue weighted by molar-refractivity contribution is 0.246. The third-order valence-corrected chi connectivity index (χ3v) is 3.61. The van der Waals surface area contributed by atoms with E-state index in [1.807, 2.05) is 0 Å². The van der Waals surface area contributed by atoms with Crippen molar-refractivity contribution in [2.45, 2.75) is 13.8 Å². The zero-order valence-corrected chi connectivity index (χ0v) is 11.9. The molecule has 2 rings (SSSR count). The molecule has 3 nitrogen and oxygen atoms in total. The van der Waals surface area contributed by atoms with Gasteiger partial charge < -0.3 is 10.2 Å². The van der Waals surface area contributed by atoms with Crippen molar-refractivity contribution in [3.05, 3.63) is 29.3 Å². The van der Waals surface area contributed by atoms with E-state index in [1.54, 1.807) is 0 Å². The van der Waals surface area contributed by atoms with Crippen molar-refractivity contribution in [3.8, 4) is 0 Å². The Morgan fingerprint density at radius 1 is 1.11 bits per heavy atom. The predicted molar refractivity (Wildman–Crippen MR) is 78.5 cm³/mol. The van der Waals surface area contributed by atoms with Crippen molar-refractivity contribution < 1.29 is 0 Å². The lowest BCUT2D eigenvalue weighted by Gasteiger charge is -2.30. The standard InChI is InChI=1S/C15H25N3/c1-13-10-14(2)12-15(11-13)17(3)8-9-18-6-4-16-5-7-18/h10-12,16H,4-9H2,1-3H3. The molecule has 0 aliphatic carbocycles. The van der Waals surface area contributed by atoms with Gasteiger partial charge in [0.15, 0.2) is 0 Å². The Hall–Kier alpha value is -1.06. The minimum Gasteiger partial charge on any atom is -0.373 e. The highest BCUT2D eigenvalue weighted by molar-refractivity contribution is 5.50. The third-order valence-electron chi connectivity index (χ3n) is 3.61. The van der Waals surface area contributed by atoms with Crippen LogP contribution in [0.15, 0.2) is 18.2 Å². The van der Waals surface area contributed by atoms with Crippen molar-refractivity contribution in [2.24, 2.45) is 0 Å². The van der Waals surface area contributed by atoms with Crippen molar-refractivity contribution in [1.29, 1.82) is 0 Å². The first-order valence-corrected chi connectivity index (χ1v) is 6.87. The van der Waals surface area contributed by atoms with E-state index in [9.17, 15) is 0 Å². The number of likely N-dealkylation sites (N-methyl/N-ethyl adjacent to an activating group) is 1. The summed E-state index contributed by atoms with van der Waals surface area (Å²) in [6.07, 6.45) is 0. The van der Waals surface area contributed by atoms with E-state index in [-0.39, 0.29) is 0 Å². The average Bonchev–Trinajstić information content (AvgIpc) is 2.36. The summed E-state index contributed by atoms with van der Waals surface area (Å²) in [6.45, 7) is 11.2. The Kier molecular flexibility index (Phi) is 4.61. The van der Waals surface area contributed by atoms with Crippen molar-refractivity contribution in [2.75, 3.05) is 51.2 Å². The summed E-state index contributed by atoms with van der Waals surface area (Å²) in [5.74, 6) is 0. The summed E-state index contributed by atoms with van der Waals surface area (Å²) in [5, 5.41) is 3.39. The van der Waals surface area contributed by atoms with Gasteiger partial charge in [-0.2, -0.15) is 0 Å². The molecule has 100 valence electrons. The van der Waals surface area contributed by atoms with Crippen LogP contribution in [0.3, 0.4) is 0 Å². The van der Waals surface area contributed by atoms with Gasteiger partial charge in [0.05, 0.1) is 0 Å². The maximum Gasteiger partial charge on any atom is 0.0369 e. The van der Waals surface area contributed by atoms with E-state index in [0.717, 1.165) is 26.2 Å². The first-order valence-electron chi connectivity index (χ1n) is 6.87. The van der Waals surface area contributed by atoms with Gasteiger partial charge in [-0.3, -0.25) is 4.90 Å². The molecule has 18 heavy (non-hydrogen) atoms. The number of benzene rings is 1. The molecule has 1 fully saturated rings. The molecule has 0 radical (unpaired) electrons. The molecule has 1 aliphatic heterocycles. The van der Waals surface area contributed by atoms with Crippen LogP contribution < -0.4 is 10.2 Å². The normalized spacial score (nSPS) is 16.8. The number of hydrogen-bond acceptors (Lipinski definition) is 3. The Morgan fingerprint density at radius 2 is 1.72 bits per heavy atom. The van der Waals surface area contributed by atoms with Crippen molar-refractivity contribution in [3.63, 3.8) is 0 Å². The fourth-order valence-corrected chi connectivity index (χ4v) is 2.53. The van der Waals surface area contributed by atoms with Gasteiger partial charge in [-0.1, -0.05) is 6.07 Å². The second-order valence-electron chi connectivity index (χ2n) is 5.36. The van der Waals surface area contributed by atoms with E-state index < -0.39 is 0 Å². The largest absolute Gasteiger partial charge is 0.373 e. The highest BCUT2D eigenvalue weighted by Gasteiger charge is 2.10. The number of hydrogen-bond donors (Lipinski definition) is 1. The van der Waals surface area contributed by atoms with Crippen LogP contribution in [-0.4, -0.2) is 51.2 Å². The fraction of sp³-hybridized carbons (Fsp3) is 0.600. The van der Waals surface area contributed by atoms with Crippen molar-refractivity contribution in [1.82, 2.24) is 10.2 Å². The molecule has 1 N–H and O–H groups in total. The summed E-state index contributed by atoms with van der Waals surface area (Å²) in [4.78, 5) is 4.90. The van der Waals surface area contributed by atoms with Crippen LogP contribution in [0.4, 0.5) is 5.69 Å². The second-order valence-corrected chi connectivity index (χ2v) is 5.36. The van der Waals surface area contributed by atoms with Crippen LogP contribution in [0, 0.1) is 13.8 Å². The zero-order valence-electron chi connectivity index (χ0n) is 11.9. The van der Waals surface area contributed by atoms with E-state index >= 15 is 0 Å². The van der Waals surface area contributed by atoms with Crippen LogP contribution in [0.5, 0.6) is 0 Å². The fourth-order valence-electron chi connectivity index (χ4n) is 2.53. The lowest BCUT2D eigenvalue weighted by atomic mass is 10.1. The zero-order chi connectivity index (χ0) is 13.0. The molecule has 1 heterocycles. The first kappa shape index (κ1) is 13.4. The van der Waals surface area contributed by atoms with E-state index in [4.69, 9.17) is 0 Å². The van der Waals surface area contributed by atoms with E-state index in [0.29, 0.717) is 0 Å². The molecular formula is C15H25N3. The molecule has 0 bridgehead atoms. The van der Waals surface area contributed by atoms with Gasteiger partial charge in [-0.15, -0.1) is 0 Å². The molecule has 1 aromatic carbocycles. The number of nitrogens with one attached hydrogen (secondary N) is 1. The summed E-state index contributed by atoms with van der Waals surface area (Å²) in [7, 11) is 2.19. The second kappa shape index (κ2) is 6.21. The van der Waals surface area contributed by atoms with Gasteiger partial charge in [0.2, 0.25) is 0 Å². The topological polar surface area (TPSA) is 18.5 Å². The maximum absolute atomic E-state index is 3.39. The number of rotatable bonds is 4. The highest BCUT2D eigenvalue weighted by atomic mass is 15.2. The van der Waals surface area contributed by atoms with Gasteiger partial charge >= 0.3 is 0 Å². The number of aryl methyl sites for hydroxylation is 2. The average molecular weight is 247 g/mol. The molecule has 0 spiro atoms. The summed E-state index contributed by atoms with van der Waals surface area (Å²) in [6, 6.07) is 6.77. The highest BCUT2D eigenvalue weighted by Crippen LogP contribution is 2.17. The predicted octanol–water partition coefficient (Wildman–Crippen LogP) is 1.64. The molecule has 1 aliphatic rings. The van der Waals surface area contributed by atoms with Crippen molar-refractivity contribution >= 4 is 5.69 Å². The Balaban J connectivity index is 1.88. The van der Waals surface area contributed by atoms with Gasteiger partial charge in [0.1, 0.15) is 0 Å². The monoisotopic (exact) mass is 247 g/mol. The molecule has 0 aromatic heterocycles. The summed E-state index contributed by atoms with van der Waals surface area (Å²) < 4.78 is 0. The van der Waals surface area contributed by atoms with E-state index in [1.165, 1.54) is 29.9 Å². The molecular weight excluding hydrogens is 222 g/mol. The number of piperazine rings is 1. The molecule has 3 heteroatoms. The molecule has 0 atom stereocenters. The Labute approximate surface area is 111 Å². The first-order chi connectivity index (χ1) is 8.65. The SMILES string of the molecule is Cc1cc(C)cc(N(C)CCN2CCNCC2)c1. The van der Waals surface area contributed by atoms with Crippen LogP contribution in [0.2, 0.25) is 0 Å². The summed E-state index contributed by atoms with van der Waals surface area (Å²) >= 11 is 0. The molecule has 0 amide bonds. The number of anilines is 1. The third kappa shape index (κ3) is 3.72. The van der Waals surface area contributed by atoms with Gasteiger partial charge in [-0.05, 0) is 37.1 Å². The maximum atomic E-state index is 3.39. The Bertz CT molecular complexity index is 363. The minimum absolute atomic E-state index is 1.10. The van der Waals surface area contributed by atoms with Crippen LogP contribution in [0.25, 0.3) is 0 Å². The van der Waals surface area contributed by atoms with E-state index in [2.05, 4.69) is 54.2 Å². The van der Waals surface area contributed by atoms with Crippen LogP contribution in [-0.2, 0) is 0 Å². The summed E-state index contributed by atoms with van der Waals surface area (Å²) in [5.41, 5.74) is 4.03. The molecule has 1 saturated heterocycles. The molecule has 1 aromatic rings. The number of nitrogens with zero attached hydrogens (tertiary/aromatic N) is 2. The lowest BCUT2D eigenvalue weighted by Crippen LogP contribution is -2.46. The molecule has 0 unspecified atom stereocenters. The van der Waals surface area contributed by atoms with Crippen LogP contribution in [0.1, 0.15) is 11.1 Å². The Morgan fingerprint density at radius 3 is 2.33 bits per heavy atom. The van der Waals surface area contributed by atoms with Crippen LogP contribution >= 0.6 is 0 Å².